The summed E-state index contributed by atoms with van der Waals surface area (Å²) in [6.45, 7) is 4.21. The number of unbranched alkanes of at least 4 members (excludes halogenated alkanes) is 1. The minimum absolute atomic E-state index is 0.197. The number of amides is 1. The molecule has 1 amide bonds. The molecule has 2 heterocycles. The average Bonchev–Trinajstić information content (AvgIpc) is 3.37. The van der Waals surface area contributed by atoms with E-state index in [2.05, 4.69) is 46.6 Å². The van der Waals surface area contributed by atoms with Crippen LogP contribution in [0.4, 0.5) is 5.13 Å². The Labute approximate surface area is 162 Å². The lowest BCUT2D eigenvalue weighted by molar-refractivity contribution is 0.102. The van der Waals surface area contributed by atoms with E-state index in [-0.39, 0.29) is 5.91 Å². The van der Waals surface area contributed by atoms with Gasteiger partial charge < -0.3 is 0 Å². The molecule has 1 N–H and O–H groups in total. The molecule has 1 aliphatic carbocycles. The van der Waals surface area contributed by atoms with Crippen molar-refractivity contribution in [2.24, 2.45) is 0 Å². The fourth-order valence-corrected chi connectivity index (χ4v) is 4.19. The SMILES string of the molecule is CCCCc1nnc(NC(=O)c2nn(-c3ccc(C)cc3)c3c2CCC3)s1. The van der Waals surface area contributed by atoms with E-state index >= 15 is 0 Å². The summed E-state index contributed by atoms with van der Waals surface area (Å²) in [7, 11) is 0. The van der Waals surface area contributed by atoms with E-state index in [0.717, 1.165) is 60.5 Å². The van der Waals surface area contributed by atoms with Crippen molar-refractivity contribution in [3.05, 3.63) is 51.8 Å². The van der Waals surface area contributed by atoms with Crippen LogP contribution in [0, 0.1) is 6.92 Å². The lowest BCUT2D eigenvalue weighted by Gasteiger charge is -2.05. The Morgan fingerprint density at radius 1 is 1.22 bits per heavy atom. The second-order valence-corrected chi connectivity index (χ2v) is 8.00. The highest BCUT2D eigenvalue weighted by atomic mass is 32.1. The molecular weight excluding hydrogens is 358 g/mol. The summed E-state index contributed by atoms with van der Waals surface area (Å²) < 4.78 is 1.92. The summed E-state index contributed by atoms with van der Waals surface area (Å²) in [5.74, 6) is -0.197. The number of aromatic nitrogens is 4. The molecule has 2 aromatic heterocycles. The highest BCUT2D eigenvalue weighted by Gasteiger charge is 2.27. The third-order valence-corrected chi connectivity index (χ3v) is 5.75. The van der Waals surface area contributed by atoms with Crippen molar-refractivity contribution in [1.82, 2.24) is 20.0 Å². The number of fused-ring (bicyclic) bond motifs is 1. The smallest absolute Gasteiger partial charge is 0.278 e. The van der Waals surface area contributed by atoms with Crippen molar-refractivity contribution in [2.45, 2.75) is 52.4 Å². The third kappa shape index (κ3) is 3.64. The Bertz CT molecular complexity index is 957. The predicted octanol–water partition coefficient (Wildman–Crippen LogP) is 4.12. The number of hydrogen-bond acceptors (Lipinski definition) is 5. The van der Waals surface area contributed by atoms with Gasteiger partial charge in [-0.1, -0.05) is 42.4 Å². The zero-order valence-electron chi connectivity index (χ0n) is 15.7. The first-order valence-electron chi connectivity index (χ1n) is 9.47. The molecule has 0 bridgehead atoms. The van der Waals surface area contributed by atoms with Crippen molar-refractivity contribution in [1.29, 1.82) is 0 Å². The van der Waals surface area contributed by atoms with Crippen LogP contribution in [0.1, 0.15) is 58.5 Å². The number of carbonyl (C=O) groups excluding carboxylic acids is 1. The molecule has 27 heavy (non-hydrogen) atoms. The van der Waals surface area contributed by atoms with Gasteiger partial charge in [0.1, 0.15) is 5.01 Å². The second kappa shape index (κ2) is 7.60. The van der Waals surface area contributed by atoms with Crippen LogP contribution in [-0.2, 0) is 19.3 Å². The van der Waals surface area contributed by atoms with Gasteiger partial charge in [-0.25, -0.2) is 4.68 Å². The molecule has 0 saturated heterocycles. The number of rotatable bonds is 6. The number of aryl methyl sites for hydroxylation is 2. The molecule has 140 valence electrons. The number of anilines is 1. The van der Waals surface area contributed by atoms with Gasteiger partial charge in [-0.05, 0) is 44.7 Å². The van der Waals surface area contributed by atoms with Gasteiger partial charge in [0.25, 0.3) is 5.91 Å². The van der Waals surface area contributed by atoms with Crippen LogP contribution in [-0.4, -0.2) is 25.9 Å². The number of nitrogens with zero attached hydrogens (tertiary/aromatic N) is 4. The van der Waals surface area contributed by atoms with Crippen LogP contribution in [0.15, 0.2) is 24.3 Å². The second-order valence-electron chi connectivity index (χ2n) is 6.93. The van der Waals surface area contributed by atoms with Gasteiger partial charge in [0.05, 0.1) is 5.69 Å². The van der Waals surface area contributed by atoms with E-state index in [1.807, 2.05) is 16.8 Å². The summed E-state index contributed by atoms with van der Waals surface area (Å²) in [5, 5.41) is 17.3. The maximum atomic E-state index is 12.8. The van der Waals surface area contributed by atoms with Crippen molar-refractivity contribution in [3.8, 4) is 5.69 Å². The topological polar surface area (TPSA) is 72.7 Å². The number of nitrogens with one attached hydrogen (secondary N) is 1. The quantitative estimate of drug-likeness (QED) is 0.697. The van der Waals surface area contributed by atoms with E-state index in [0.29, 0.717) is 10.8 Å². The lowest BCUT2D eigenvalue weighted by Crippen LogP contribution is -2.14. The van der Waals surface area contributed by atoms with Gasteiger partial charge in [-0.15, -0.1) is 10.2 Å². The van der Waals surface area contributed by atoms with Gasteiger partial charge in [0.15, 0.2) is 5.69 Å². The first kappa shape index (κ1) is 17.9. The Balaban J connectivity index is 1.58. The Morgan fingerprint density at radius 3 is 2.81 bits per heavy atom. The van der Waals surface area contributed by atoms with Crippen LogP contribution in [0.25, 0.3) is 5.69 Å². The van der Waals surface area contributed by atoms with Crippen LogP contribution >= 0.6 is 11.3 Å². The molecule has 3 aromatic rings. The molecule has 0 radical (unpaired) electrons. The number of benzene rings is 1. The zero-order valence-corrected chi connectivity index (χ0v) is 16.5. The molecule has 6 nitrogen and oxygen atoms in total. The molecule has 0 spiro atoms. The van der Waals surface area contributed by atoms with Crippen LogP contribution < -0.4 is 5.32 Å². The van der Waals surface area contributed by atoms with Crippen molar-refractivity contribution < 1.29 is 4.79 Å². The summed E-state index contributed by atoms with van der Waals surface area (Å²) >= 11 is 1.45. The van der Waals surface area contributed by atoms with Gasteiger partial charge in [0, 0.05) is 17.7 Å². The highest BCUT2D eigenvalue weighted by molar-refractivity contribution is 7.15. The molecule has 0 atom stereocenters. The Kier molecular flexibility index (Phi) is 5.03. The van der Waals surface area contributed by atoms with Gasteiger partial charge in [-0.2, -0.15) is 5.10 Å². The highest BCUT2D eigenvalue weighted by Crippen LogP contribution is 2.29. The Hall–Kier alpha value is -2.54. The molecule has 0 unspecified atom stereocenters. The van der Waals surface area contributed by atoms with Gasteiger partial charge >= 0.3 is 0 Å². The Morgan fingerprint density at radius 2 is 2.04 bits per heavy atom. The fourth-order valence-electron chi connectivity index (χ4n) is 3.41. The third-order valence-electron chi connectivity index (χ3n) is 4.86. The van der Waals surface area contributed by atoms with Crippen LogP contribution in [0.5, 0.6) is 0 Å². The normalized spacial score (nSPS) is 13.0. The fraction of sp³-hybridized carbons (Fsp3) is 0.400. The largest absolute Gasteiger partial charge is 0.295 e. The summed E-state index contributed by atoms with van der Waals surface area (Å²) in [4.78, 5) is 12.8. The van der Waals surface area contributed by atoms with Crippen LogP contribution in [0.2, 0.25) is 0 Å². The van der Waals surface area contributed by atoms with Gasteiger partial charge in [0.2, 0.25) is 5.13 Å². The number of carbonyl (C=O) groups is 1. The maximum Gasteiger partial charge on any atom is 0.278 e. The van der Waals surface area contributed by atoms with E-state index in [1.165, 1.54) is 16.9 Å². The van der Waals surface area contributed by atoms with E-state index < -0.39 is 0 Å². The zero-order chi connectivity index (χ0) is 18.8. The van der Waals surface area contributed by atoms with Gasteiger partial charge in [-0.3, -0.25) is 10.1 Å². The van der Waals surface area contributed by atoms with Crippen molar-refractivity contribution >= 4 is 22.4 Å². The first-order valence-corrected chi connectivity index (χ1v) is 10.3. The molecular formula is C20H23N5OS. The van der Waals surface area contributed by atoms with E-state index in [9.17, 15) is 4.79 Å². The molecule has 1 aliphatic rings. The summed E-state index contributed by atoms with van der Waals surface area (Å²) in [6, 6.07) is 8.23. The summed E-state index contributed by atoms with van der Waals surface area (Å²) in [5.41, 5.74) is 4.91. The molecule has 0 saturated carbocycles. The molecule has 1 aromatic carbocycles. The van der Waals surface area contributed by atoms with Crippen LogP contribution in [0.3, 0.4) is 0 Å². The first-order chi connectivity index (χ1) is 13.2. The maximum absolute atomic E-state index is 12.8. The monoisotopic (exact) mass is 381 g/mol. The molecule has 0 fully saturated rings. The molecule has 0 aliphatic heterocycles. The van der Waals surface area contributed by atoms with E-state index in [1.54, 1.807) is 0 Å². The lowest BCUT2D eigenvalue weighted by atomic mass is 10.2. The standard InChI is InChI=1S/C20H23N5OS/c1-3-4-8-17-22-23-20(27-17)21-19(26)18-15-6-5-7-16(15)25(24-18)14-11-9-13(2)10-12-14/h9-12H,3-8H2,1-2H3,(H,21,23,26). The predicted molar refractivity (Wildman–Crippen MR) is 107 cm³/mol. The minimum atomic E-state index is -0.197. The molecule has 7 heteroatoms. The molecule has 4 rings (SSSR count). The average molecular weight is 382 g/mol. The minimum Gasteiger partial charge on any atom is -0.295 e. The van der Waals surface area contributed by atoms with Crippen molar-refractivity contribution in [2.75, 3.05) is 5.32 Å². The number of hydrogen-bond donors (Lipinski definition) is 1. The van der Waals surface area contributed by atoms with E-state index in [4.69, 9.17) is 0 Å². The summed E-state index contributed by atoms with van der Waals surface area (Å²) in [6.07, 6.45) is 5.99. The van der Waals surface area contributed by atoms with Crippen molar-refractivity contribution in [3.63, 3.8) is 0 Å².